The summed E-state index contributed by atoms with van der Waals surface area (Å²) < 4.78 is 51.4. The maximum atomic E-state index is 13.7. The fourth-order valence-electron chi connectivity index (χ4n) is 9.34. The number of carbonyl (C=O) groups excluding carboxylic acids is 1. The van der Waals surface area contributed by atoms with E-state index in [2.05, 4.69) is 20.2 Å². The maximum Gasteiger partial charge on any atom is 0.336 e. The molecule has 2 aliphatic heterocycles. The molecule has 0 spiro atoms. The Kier molecular flexibility index (Phi) is 14.1. The maximum absolute atomic E-state index is 13.7. The quantitative estimate of drug-likeness (QED) is 0.0985. The van der Waals surface area contributed by atoms with Gasteiger partial charge in [0.05, 0.1) is 57.6 Å². The van der Waals surface area contributed by atoms with Crippen molar-refractivity contribution in [2.24, 2.45) is 0 Å². The second-order valence-corrected chi connectivity index (χ2v) is 23.1. The van der Waals surface area contributed by atoms with Crippen molar-refractivity contribution in [1.29, 1.82) is 0 Å². The molecule has 69 heavy (non-hydrogen) atoms. The van der Waals surface area contributed by atoms with Gasteiger partial charge in [-0.1, -0.05) is 35.7 Å². The summed E-state index contributed by atoms with van der Waals surface area (Å²) in [7, 11) is -6.76. The molecule has 4 fully saturated rings. The molecule has 10 rings (SSSR count). The van der Waals surface area contributed by atoms with Crippen LogP contribution in [0.4, 0.5) is 5.69 Å². The summed E-state index contributed by atoms with van der Waals surface area (Å²) >= 11 is 0. The van der Waals surface area contributed by atoms with Crippen LogP contribution in [-0.2, 0) is 25.6 Å². The van der Waals surface area contributed by atoms with Crippen LogP contribution in [0.15, 0.2) is 58.1 Å². The Morgan fingerprint density at radius 2 is 1.26 bits per heavy atom. The largest absolute Gasteiger partial charge is 0.478 e. The third-order valence-corrected chi connectivity index (χ3v) is 14.6. The number of sulfonamides is 1. The lowest BCUT2D eigenvalue weighted by Crippen LogP contribution is -2.39. The molecule has 0 unspecified atom stereocenters. The van der Waals surface area contributed by atoms with E-state index in [9.17, 15) is 36.0 Å². The van der Waals surface area contributed by atoms with Gasteiger partial charge in [0.25, 0.3) is 17.0 Å². The number of aryl methyl sites for hydroxylation is 2. The molecule has 4 aliphatic rings. The lowest BCUT2D eigenvalue weighted by atomic mass is 9.97. The van der Waals surface area contributed by atoms with E-state index < -0.39 is 25.8 Å². The number of carboxylic acid groups (broad SMARTS) is 1. The van der Waals surface area contributed by atoms with Crippen molar-refractivity contribution in [2.75, 3.05) is 30.3 Å². The second-order valence-electron chi connectivity index (χ2n) is 19.2. The van der Waals surface area contributed by atoms with E-state index in [4.69, 9.17) is 15.1 Å². The number of anilines is 1. The zero-order chi connectivity index (χ0) is 49.5. The Hall–Kier alpha value is -6.12. The van der Waals surface area contributed by atoms with E-state index in [0.29, 0.717) is 46.8 Å². The number of nitrogens with zero attached hydrogens (tertiary/aromatic N) is 5. The van der Waals surface area contributed by atoms with Gasteiger partial charge in [-0.2, -0.15) is 0 Å². The lowest BCUT2D eigenvalue weighted by Gasteiger charge is -2.35. The number of piperidine rings is 2. The number of likely N-dealkylation sites (tertiary alicyclic amines) is 1. The average molecular weight is 984 g/mol. The zero-order valence-corrected chi connectivity index (χ0v) is 41.5. The van der Waals surface area contributed by atoms with Crippen LogP contribution in [0.1, 0.15) is 159 Å². The predicted molar refractivity (Wildman–Crippen MR) is 264 cm³/mol. The number of rotatable bonds is 10. The first kappa shape index (κ1) is 49.3. The standard InChI is InChI=1S/C24H29N5O4S.C15H20N4O.C10H12O4S/c1-14-7-10-18(27-34(3,32)33)17(12-14)24(31)28-11-5-4-6-20(28)19-13-21-25-22(16-8-9-16)15(2)23(30)29(21)26-19;1-9-14(10-5-6-10)17-13-8-12(18-19(13)15(9)20)11-4-2-3-7-16-11;1-7-3-4-8(6-15(2,13)14)9(5-7)10(11)12/h7,10,12-13,16,20,26-27H,4-6,8-9,11H2,1-3H3;8,10-11,16,18H,2-7H2,1H3;3-5H,6H2,1-2H3,(H,11,12)/t20-;11-;/m00./s1. The number of aromatic nitrogens is 6. The summed E-state index contributed by atoms with van der Waals surface area (Å²) in [5.74, 6) is -0.704. The van der Waals surface area contributed by atoms with Gasteiger partial charge in [0.1, 0.15) is 0 Å². The number of hydrogen-bond donors (Lipinski definition) is 5. The first-order chi connectivity index (χ1) is 32.7. The number of H-pyrrole nitrogens is 2. The highest BCUT2D eigenvalue weighted by molar-refractivity contribution is 7.92. The molecule has 18 nitrogen and oxygen atoms in total. The molecule has 4 aromatic heterocycles. The van der Waals surface area contributed by atoms with Gasteiger partial charge >= 0.3 is 5.97 Å². The van der Waals surface area contributed by atoms with Crippen molar-refractivity contribution >= 4 is 48.7 Å². The highest BCUT2D eigenvalue weighted by atomic mass is 32.2. The molecule has 2 atom stereocenters. The normalized spacial score (nSPS) is 18.6. The fourth-order valence-corrected chi connectivity index (χ4v) is 10.7. The predicted octanol–water partition coefficient (Wildman–Crippen LogP) is 6.52. The lowest BCUT2D eigenvalue weighted by molar-refractivity contribution is 0.0606. The van der Waals surface area contributed by atoms with Crippen molar-refractivity contribution in [3.05, 3.63) is 131 Å². The number of carbonyl (C=O) groups is 2. The van der Waals surface area contributed by atoms with Crippen LogP contribution in [0.25, 0.3) is 11.3 Å². The first-order valence-electron chi connectivity index (χ1n) is 23.5. The molecule has 2 saturated carbocycles. The molecule has 20 heteroatoms. The highest BCUT2D eigenvalue weighted by Gasteiger charge is 2.34. The molecular formula is C49H61N9O9S2. The van der Waals surface area contributed by atoms with Crippen molar-refractivity contribution in [2.45, 2.75) is 122 Å². The number of hydrogen-bond acceptors (Lipinski definition) is 11. The average Bonchev–Trinajstić information content (AvgIpc) is 4.24. The Morgan fingerprint density at radius 1 is 0.710 bits per heavy atom. The summed E-state index contributed by atoms with van der Waals surface area (Å²) in [5.41, 5.74) is 9.11. The number of amides is 1. The molecular weight excluding hydrogens is 923 g/mol. The molecule has 0 radical (unpaired) electrons. The van der Waals surface area contributed by atoms with E-state index >= 15 is 0 Å². The molecule has 2 saturated heterocycles. The zero-order valence-electron chi connectivity index (χ0n) is 39.9. The topological polar surface area (TPSA) is 250 Å². The third kappa shape index (κ3) is 11.5. The van der Waals surface area contributed by atoms with E-state index in [1.54, 1.807) is 46.7 Å². The van der Waals surface area contributed by atoms with Crippen LogP contribution in [-0.4, -0.2) is 93.5 Å². The van der Waals surface area contributed by atoms with Gasteiger partial charge in [-0.3, -0.25) is 29.3 Å². The highest BCUT2D eigenvalue weighted by Crippen LogP contribution is 2.41. The van der Waals surface area contributed by atoms with E-state index in [1.165, 1.54) is 36.3 Å². The SMILES string of the molecule is Cc1c(C2CC2)nc2cc([C@@H]3CCCCN3)[nH]n2c1=O.Cc1ccc(CS(C)(=O)=O)c(C(=O)O)c1.Cc1ccc(NS(C)(=O)=O)c(C(=O)N2CCCC[C@H]2c2cc3nc(C4CC4)c(C)c(=O)n3[nH]2)c1. The van der Waals surface area contributed by atoms with Crippen molar-refractivity contribution in [3.63, 3.8) is 0 Å². The summed E-state index contributed by atoms with van der Waals surface area (Å²) in [6, 6.07) is 13.8. The van der Waals surface area contributed by atoms with Crippen LogP contribution >= 0.6 is 0 Å². The number of sulfone groups is 1. The Bertz CT molecular complexity index is 3300. The minimum Gasteiger partial charge on any atom is -0.478 e. The molecule has 6 aromatic rings. The molecule has 6 heterocycles. The van der Waals surface area contributed by atoms with Gasteiger partial charge in [0.15, 0.2) is 21.1 Å². The first-order valence-corrected chi connectivity index (χ1v) is 27.5. The summed E-state index contributed by atoms with van der Waals surface area (Å²) in [4.78, 5) is 61.3. The van der Waals surface area contributed by atoms with Crippen LogP contribution in [0.2, 0.25) is 0 Å². The van der Waals surface area contributed by atoms with E-state index in [1.807, 2.05) is 32.9 Å². The van der Waals surface area contributed by atoms with Crippen LogP contribution < -0.4 is 21.2 Å². The number of aromatic carboxylic acids is 1. The van der Waals surface area contributed by atoms with Gasteiger partial charge in [-0.15, -0.1) is 0 Å². The molecule has 5 N–H and O–H groups in total. The Morgan fingerprint density at radius 3 is 1.80 bits per heavy atom. The van der Waals surface area contributed by atoms with Crippen LogP contribution in [0.3, 0.4) is 0 Å². The van der Waals surface area contributed by atoms with Crippen LogP contribution in [0.5, 0.6) is 0 Å². The van der Waals surface area contributed by atoms with Crippen molar-refractivity contribution < 1.29 is 31.5 Å². The summed E-state index contributed by atoms with van der Waals surface area (Å²) in [6.07, 6.45) is 12.7. The third-order valence-electron chi connectivity index (χ3n) is 13.1. The number of carboxylic acids is 1. The Labute approximate surface area is 400 Å². The van der Waals surface area contributed by atoms with Gasteiger partial charge in [0, 0.05) is 53.9 Å². The minimum atomic E-state index is -3.55. The van der Waals surface area contributed by atoms with E-state index in [0.717, 1.165) is 103 Å². The smallest absolute Gasteiger partial charge is 0.336 e. The number of aromatic amines is 2. The number of nitrogens with one attached hydrogen (secondary N) is 4. The number of fused-ring (bicyclic) bond motifs is 2. The van der Waals surface area contributed by atoms with Crippen molar-refractivity contribution in [1.82, 2.24) is 39.4 Å². The molecule has 1 amide bonds. The van der Waals surface area contributed by atoms with Gasteiger partial charge < -0.3 is 15.3 Å². The summed E-state index contributed by atoms with van der Waals surface area (Å²) in [6.45, 7) is 8.94. The molecule has 2 aliphatic carbocycles. The fraction of sp³-hybridized carbons (Fsp3) is 0.469. The monoisotopic (exact) mass is 983 g/mol. The number of benzene rings is 2. The minimum absolute atomic E-state index is 0.0546. The second kappa shape index (κ2) is 19.7. The van der Waals surface area contributed by atoms with Gasteiger partial charge in [0.2, 0.25) is 10.0 Å². The van der Waals surface area contributed by atoms with Gasteiger partial charge in [-0.25, -0.2) is 40.6 Å². The van der Waals surface area contributed by atoms with Crippen molar-refractivity contribution in [3.8, 4) is 0 Å². The van der Waals surface area contributed by atoms with Gasteiger partial charge in [-0.05, 0) is 116 Å². The van der Waals surface area contributed by atoms with E-state index in [-0.39, 0.29) is 40.1 Å². The Balaban J connectivity index is 0.000000155. The summed E-state index contributed by atoms with van der Waals surface area (Å²) in [5, 5.41) is 18.8. The molecule has 2 aromatic carbocycles. The van der Waals surface area contributed by atoms with Crippen LogP contribution in [0, 0.1) is 27.7 Å². The molecule has 368 valence electrons. The molecule has 0 bridgehead atoms.